The summed E-state index contributed by atoms with van der Waals surface area (Å²) in [4.78, 5) is 23.0. The van der Waals surface area contributed by atoms with Crippen LogP contribution in [0.25, 0.3) is 0 Å². The highest BCUT2D eigenvalue weighted by Gasteiger charge is 2.28. The van der Waals surface area contributed by atoms with Crippen LogP contribution in [0.4, 0.5) is 17.6 Å². The molecule has 0 aliphatic rings. The Labute approximate surface area is 170 Å². The molecule has 1 rings (SSSR count). The van der Waals surface area contributed by atoms with Gasteiger partial charge in [0.05, 0.1) is 12.5 Å². The average molecular weight is 440 g/mol. The van der Waals surface area contributed by atoms with Crippen molar-refractivity contribution < 1.29 is 46.8 Å². The van der Waals surface area contributed by atoms with Crippen molar-refractivity contribution >= 4 is 11.9 Å². The molecule has 0 aliphatic carbocycles. The normalized spacial score (nSPS) is 14.7. The van der Waals surface area contributed by atoms with Gasteiger partial charge in [-0.15, -0.1) is 0 Å². The van der Waals surface area contributed by atoms with Gasteiger partial charge in [0.2, 0.25) is 11.6 Å². The standard InChI is InChI=1S/C18H24F4N2O6/c1-8(17(27)28)23-24-11(6-13(26)30-18(2,3)4)12(25)7-29-16-14(21)9(19)5-10(20)15(16)22/h5,8,11-12,23-25H,6-7H2,1-4H3,(H,27,28)/t8-,11-,12?/m0/s1. The maximum Gasteiger partial charge on any atom is 0.321 e. The number of benzene rings is 1. The molecule has 3 atom stereocenters. The van der Waals surface area contributed by atoms with Crippen molar-refractivity contribution in [2.24, 2.45) is 0 Å². The number of carboxylic acid groups (broad SMARTS) is 1. The molecule has 0 aromatic heterocycles. The van der Waals surface area contributed by atoms with E-state index in [-0.39, 0.29) is 6.07 Å². The molecular formula is C18H24F4N2O6. The molecule has 0 radical (unpaired) electrons. The van der Waals surface area contributed by atoms with Gasteiger partial charge in [0, 0.05) is 6.07 Å². The zero-order valence-electron chi connectivity index (χ0n) is 16.8. The predicted molar refractivity (Wildman–Crippen MR) is 95.4 cm³/mol. The molecule has 0 saturated carbocycles. The van der Waals surface area contributed by atoms with E-state index in [1.165, 1.54) is 6.92 Å². The molecule has 0 saturated heterocycles. The number of aliphatic carboxylic acids is 1. The van der Waals surface area contributed by atoms with Crippen LogP contribution in [-0.4, -0.2) is 52.5 Å². The average Bonchev–Trinajstić information content (AvgIpc) is 2.61. The molecule has 1 unspecified atom stereocenters. The molecule has 12 heteroatoms. The Balaban J connectivity index is 2.92. The molecule has 30 heavy (non-hydrogen) atoms. The second-order valence-electron chi connectivity index (χ2n) is 7.42. The second-order valence-corrected chi connectivity index (χ2v) is 7.42. The molecule has 0 aliphatic heterocycles. The van der Waals surface area contributed by atoms with E-state index in [0.717, 1.165) is 0 Å². The molecule has 0 amide bonds. The first-order valence-corrected chi connectivity index (χ1v) is 8.82. The fourth-order valence-electron chi connectivity index (χ4n) is 2.10. The van der Waals surface area contributed by atoms with Crippen molar-refractivity contribution in [2.45, 2.75) is 57.9 Å². The number of ether oxygens (including phenoxy) is 2. The topological polar surface area (TPSA) is 117 Å². The Morgan fingerprint density at radius 2 is 1.63 bits per heavy atom. The molecule has 0 bridgehead atoms. The van der Waals surface area contributed by atoms with Gasteiger partial charge in [-0.25, -0.2) is 14.2 Å². The maximum atomic E-state index is 13.7. The highest BCUT2D eigenvalue weighted by molar-refractivity contribution is 5.73. The minimum absolute atomic E-state index is 0.00196. The van der Waals surface area contributed by atoms with Crippen molar-refractivity contribution in [3.63, 3.8) is 0 Å². The Kier molecular flexibility index (Phi) is 9.00. The number of hydrazine groups is 1. The van der Waals surface area contributed by atoms with Crippen LogP contribution in [0.1, 0.15) is 34.1 Å². The van der Waals surface area contributed by atoms with E-state index < -0.39 is 77.8 Å². The molecule has 1 aromatic rings. The molecule has 1 aromatic carbocycles. The number of nitrogens with one attached hydrogen (secondary N) is 2. The maximum absolute atomic E-state index is 13.7. The molecule has 8 nitrogen and oxygen atoms in total. The summed E-state index contributed by atoms with van der Waals surface area (Å²) in [5.74, 6) is -10.4. The Hall–Kier alpha value is -2.44. The number of aliphatic hydroxyl groups is 1. The van der Waals surface area contributed by atoms with Gasteiger partial charge in [0.1, 0.15) is 24.4 Å². The lowest BCUT2D eigenvalue weighted by atomic mass is 10.1. The van der Waals surface area contributed by atoms with E-state index in [2.05, 4.69) is 10.9 Å². The molecule has 170 valence electrons. The van der Waals surface area contributed by atoms with Gasteiger partial charge in [0.15, 0.2) is 17.4 Å². The Bertz CT molecular complexity index is 746. The van der Waals surface area contributed by atoms with E-state index in [4.69, 9.17) is 14.6 Å². The van der Waals surface area contributed by atoms with Gasteiger partial charge in [-0.2, -0.15) is 8.78 Å². The van der Waals surface area contributed by atoms with Gasteiger partial charge in [-0.05, 0) is 27.7 Å². The van der Waals surface area contributed by atoms with E-state index in [1.54, 1.807) is 20.8 Å². The summed E-state index contributed by atoms with van der Waals surface area (Å²) >= 11 is 0. The monoisotopic (exact) mass is 440 g/mol. The molecular weight excluding hydrogens is 416 g/mol. The van der Waals surface area contributed by atoms with Crippen molar-refractivity contribution in [2.75, 3.05) is 6.61 Å². The van der Waals surface area contributed by atoms with Crippen LogP contribution in [0.3, 0.4) is 0 Å². The van der Waals surface area contributed by atoms with Crippen molar-refractivity contribution in [1.82, 2.24) is 10.9 Å². The van der Waals surface area contributed by atoms with Crippen molar-refractivity contribution in [3.05, 3.63) is 29.3 Å². The summed E-state index contributed by atoms with van der Waals surface area (Å²) in [7, 11) is 0. The van der Waals surface area contributed by atoms with Gasteiger partial charge >= 0.3 is 11.9 Å². The Morgan fingerprint density at radius 1 is 1.10 bits per heavy atom. The number of hydrogen-bond donors (Lipinski definition) is 4. The smallest absolute Gasteiger partial charge is 0.321 e. The number of carbonyl (C=O) groups excluding carboxylic acids is 1. The number of hydrogen-bond acceptors (Lipinski definition) is 7. The lowest BCUT2D eigenvalue weighted by Crippen LogP contribution is -2.54. The number of carboxylic acids is 1. The summed E-state index contributed by atoms with van der Waals surface area (Å²) in [5, 5.41) is 19.2. The summed E-state index contributed by atoms with van der Waals surface area (Å²) in [6.07, 6.45) is -2.17. The first kappa shape index (κ1) is 25.6. The summed E-state index contributed by atoms with van der Waals surface area (Å²) in [6.45, 7) is 5.17. The first-order chi connectivity index (χ1) is 13.7. The second kappa shape index (κ2) is 10.5. The largest absolute Gasteiger partial charge is 0.485 e. The summed E-state index contributed by atoms with van der Waals surface area (Å²) < 4.78 is 63.7. The highest BCUT2D eigenvalue weighted by Crippen LogP contribution is 2.26. The van der Waals surface area contributed by atoms with Crippen LogP contribution in [0, 0.1) is 23.3 Å². The van der Waals surface area contributed by atoms with Crippen molar-refractivity contribution in [1.29, 1.82) is 0 Å². The van der Waals surface area contributed by atoms with E-state index >= 15 is 0 Å². The van der Waals surface area contributed by atoms with Gasteiger partial charge < -0.3 is 19.7 Å². The van der Waals surface area contributed by atoms with Crippen LogP contribution in [-0.2, 0) is 14.3 Å². The number of rotatable bonds is 10. The molecule has 0 spiro atoms. The van der Waals surface area contributed by atoms with Crippen molar-refractivity contribution in [3.8, 4) is 5.75 Å². The van der Waals surface area contributed by atoms with Crippen LogP contribution in [0.2, 0.25) is 0 Å². The number of halogens is 4. The van der Waals surface area contributed by atoms with E-state index in [9.17, 15) is 32.3 Å². The fraction of sp³-hybridized carbons (Fsp3) is 0.556. The summed E-state index contributed by atoms with van der Waals surface area (Å²) in [5.41, 5.74) is 3.89. The molecule has 4 N–H and O–H groups in total. The van der Waals surface area contributed by atoms with Crippen LogP contribution in [0.5, 0.6) is 5.75 Å². The van der Waals surface area contributed by atoms with Gasteiger partial charge in [-0.1, -0.05) is 0 Å². The number of carbonyl (C=O) groups is 2. The van der Waals surface area contributed by atoms with Crippen LogP contribution < -0.4 is 15.6 Å². The number of esters is 1. The third kappa shape index (κ3) is 7.76. The van der Waals surface area contributed by atoms with Gasteiger partial charge in [0.25, 0.3) is 0 Å². The third-order valence-electron chi connectivity index (χ3n) is 3.60. The lowest BCUT2D eigenvalue weighted by Gasteiger charge is -2.27. The molecule has 0 heterocycles. The predicted octanol–water partition coefficient (Wildman–Crippen LogP) is 1.65. The summed E-state index contributed by atoms with van der Waals surface area (Å²) in [6, 6.07) is -2.38. The van der Waals surface area contributed by atoms with Crippen LogP contribution >= 0.6 is 0 Å². The number of aliphatic hydroxyl groups excluding tert-OH is 1. The van der Waals surface area contributed by atoms with E-state index in [1.807, 2.05) is 0 Å². The quantitative estimate of drug-likeness (QED) is 0.188. The van der Waals surface area contributed by atoms with Gasteiger partial charge in [-0.3, -0.25) is 15.0 Å². The SMILES string of the molecule is C[C@H](NN[C@@H](CC(=O)OC(C)(C)C)C(O)COc1c(F)c(F)cc(F)c1F)C(=O)O. The minimum Gasteiger partial charge on any atom is -0.485 e. The molecule has 0 fully saturated rings. The lowest BCUT2D eigenvalue weighted by molar-refractivity contribution is -0.156. The van der Waals surface area contributed by atoms with E-state index in [0.29, 0.717) is 0 Å². The zero-order valence-corrected chi connectivity index (χ0v) is 16.8. The third-order valence-corrected chi connectivity index (χ3v) is 3.60. The fourth-order valence-corrected chi connectivity index (χ4v) is 2.10. The Morgan fingerprint density at radius 3 is 2.10 bits per heavy atom. The van der Waals surface area contributed by atoms with Crippen LogP contribution in [0.15, 0.2) is 6.07 Å². The highest BCUT2D eigenvalue weighted by atomic mass is 19.2. The first-order valence-electron chi connectivity index (χ1n) is 8.82. The minimum atomic E-state index is -1.80. The zero-order chi connectivity index (χ0) is 23.2.